The number of thiocarbonyl (C=S) groups is 1. The summed E-state index contributed by atoms with van der Waals surface area (Å²) in [5.74, 6) is -0.434. The van der Waals surface area contributed by atoms with Crippen molar-refractivity contribution < 1.29 is 17.9 Å². The van der Waals surface area contributed by atoms with Crippen LogP contribution in [0.25, 0.3) is 0 Å². The number of carbonyl (C=O) groups excluding carboxylic acids is 1. The molecule has 11 heteroatoms. The second-order valence-corrected chi connectivity index (χ2v) is 8.17. The van der Waals surface area contributed by atoms with Crippen LogP contribution in [-0.2, 0) is 14.8 Å². The number of aromatic nitrogens is 2. The number of anilines is 3. The Balaban J connectivity index is 1.63. The molecule has 0 atom stereocenters. The van der Waals surface area contributed by atoms with Gasteiger partial charge in [-0.15, -0.1) is 0 Å². The van der Waals surface area contributed by atoms with Gasteiger partial charge in [0.05, 0.1) is 17.1 Å². The molecule has 3 N–H and O–H groups in total. The highest BCUT2D eigenvalue weighted by molar-refractivity contribution is 7.92. The van der Waals surface area contributed by atoms with Gasteiger partial charge in [0.25, 0.3) is 10.0 Å². The highest BCUT2D eigenvalue weighted by atomic mass is 32.2. The Bertz CT molecular complexity index is 1170. The summed E-state index contributed by atoms with van der Waals surface area (Å²) >= 11 is 5.29. The molecule has 160 valence electrons. The van der Waals surface area contributed by atoms with Crippen LogP contribution in [0.4, 0.5) is 17.3 Å². The van der Waals surface area contributed by atoms with Crippen LogP contribution in [0.2, 0.25) is 0 Å². The first-order chi connectivity index (χ1) is 14.9. The molecule has 0 aliphatic carbocycles. The molecule has 0 saturated carbocycles. The average Bonchev–Trinajstić information content (AvgIpc) is 2.75. The summed E-state index contributed by atoms with van der Waals surface area (Å²) in [5, 5.41) is 6.20. The number of benzene rings is 2. The molecule has 0 unspecified atom stereocenters. The Kier molecular flexibility index (Phi) is 7.11. The second-order valence-electron chi connectivity index (χ2n) is 6.08. The normalized spacial score (nSPS) is 10.7. The SMILES string of the molecule is CCOC(=O)c1cccc(NC(=S)Nc2ccc(S(=O)(=O)Nc3ncccn3)cc2)c1. The van der Waals surface area contributed by atoms with Gasteiger partial charge in [-0.1, -0.05) is 6.07 Å². The minimum atomic E-state index is -3.82. The van der Waals surface area contributed by atoms with E-state index in [1.165, 1.54) is 24.5 Å². The highest BCUT2D eigenvalue weighted by Gasteiger charge is 2.15. The van der Waals surface area contributed by atoms with Crippen LogP contribution in [0.5, 0.6) is 0 Å². The number of esters is 1. The van der Waals surface area contributed by atoms with E-state index >= 15 is 0 Å². The van der Waals surface area contributed by atoms with Gasteiger partial charge in [-0.05, 0) is 67.7 Å². The molecule has 3 rings (SSSR count). The fourth-order valence-corrected chi connectivity index (χ4v) is 3.67. The van der Waals surface area contributed by atoms with Crippen molar-refractivity contribution >= 4 is 50.6 Å². The largest absolute Gasteiger partial charge is 0.462 e. The van der Waals surface area contributed by atoms with Crippen LogP contribution in [0.3, 0.4) is 0 Å². The van der Waals surface area contributed by atoms with Gasteiger partial charge in [0.15, 0.2) is 5.11 Å². The minimum Gasteiger partial charge on any atom is -0.462 e. The van der Waals surface area contributed by atoms with E-state index in [9.17, 15) is 13.2 Å². The number of sulfonamides is 1. The third-order valence-electron chi connectivity index (χ3n) is 3.85. The quantitative estimate of drug-likeness (QED) is 0.362. The van der Waals surface area contributed by atoms with E-state index in [1.807, 2.05) is 0 Å². The summed E-state index contributed by atoms with van der Waals surface area (Å²) in [4.78, 5) is 19.6. The minimum absolute atomic E-state index is 0.0138. The molecule has 1 heterocycles. The number of carbonyl (C=O) groups is 1. The Hall–Kier alpha value is -3.57. The van der Waals surface area contributed by atoms with E-state index in [1.54, 1.807) is 49.4 Å². The van der Waals surface area contributed by atoms with Gasteiger partial charge in [0.2, 0.25) is 5.95 Å². The molecule has 0 saturated heterocycles. The molecule has 0 fully saturated rings. The van der Waals surface area contributed by atoms with Crippen LogP contribution >= 0.6 is 12.2 Å². The van der Waals surface area contributed by atoms with Gasteiger partial charge in [-0.25, -0.2) is 27.9 Å². The molecule has 0 aliphatic rings. The van der Waals surface area contributed by atoms with E-state index in [2.05, 4.69) is 25.3 Å². The molecule has 0 spiro atoms. The first-order valence-electron chi connectivity index (χ1n) is 9.12. The van der Waals surface area contributed by atoms with Crippen molar-refractivity contribution in [3.63, 3.8) is 0 Å². The van der Waals surface area contributed by atoms with Crippen LogP contribution < -0.4 is 15.4 Å². The first-order valence-corrected chi connectivity index (χ1v) is 11.0. The summed E-state index contributed by atoms with van der Waals surface area (Å²) in [6, 6.07) is 14.3. The summed E-state index contributed by atoms with van der Waals surface area (Å²) in [7, 11) is -3.82. The standard InChI is InChI=1S/C20H19N5O4S2/c1-2-29-18(26)14-5-3-6-16(13-14)24-20(30)23-15-7-9-17(10-8-15)31(27,28)25-19-21-11-4-12-22-19/h3-13H,2H2,1H3,(H,21,22,25)(H2,23,24,30). The molecule has 31 heavy (non-hydrogen) atoms. The highest BCUT2D eigenvalue weighted by Crippen LogP contribution is 2.17. The zero-order valence-electron chi connectivity index (χ0n) is 16.4. The molecule has 0 amide bonds. The predicted molar refractivity (Wildman–Crippen MR) is 122 cm³/mol. The molecule has 0 bridgehead atoms. The molecule has 3 aromatic rings. The fourth-order valence-electron chi connectivity index (χ4n) is 2.48. The van der Waals surface area contributed by atoms with Crippen molar-refractivity contribution in [1.29, 1.82) is 0 Å². The summed E-state index contributed by atoms with van der Waals surface area (Å²) < 4.78 is 32.1. The average molecular weight is 458 g/mol. The van der Waals surface area contributed by atoms with E-state index in [0.29, 0.717) is 16.9 Å². The van der Waals surface area contributed by atoms with Gasteiger partial charge in [-0.2, -0.15) is 0 Å². The van der Waals surface area contributed by atoms with E-state index in [4.69, 9.17) is 17.0 Å². The summed E-state index contributed by atoms with van der Waals surface area (Å²) in [6.45, 7) is 2.02. The number of hydrogen-bond donors (Lipinski definition) is 3. The van der Waals surface area contributed by atoms with Gasteiger partial charge in [-0.3, -0.25) is 0 Å². The third-order valence-corrected chi connectivity index (χ3v) is 5.39. The Labute approximate surface area is 184 Å². The van der Waals surface area contributed by atoms with Gasteiger partial charge in [0.1, 0.15) is 0 Å². The molecule has 9 nitrogen and oxygen atoms in total. The fraction of sp³-hybridized carbons (Fsp3) is 0.100. The molecule has 0 aliphatic heterocycles. The van der Waals surface area contributed by atoms with Crippen molar-refractivity contribution in [3.8, 4) is 0 Å². The number of rotatable bonds is 7. The van der Waals surface area contributed by atoms with E-state index in [0.717, 1.165) is 0 Å². The maximum absolute atomic E-state index is 12.4. The number of nitrogens with one attached hydrogen (secondary N) is 3. The topological polar surface area (TPSA) is 122 Å². The first kappa shape index (κ1) is 22.1. The van der Waals surface area contributed by atoms with Crippen LogP contribution in [0.15, 0.2) is 71.9 Å². The van der Waals surface area contributed by atoms with Gasteiger partial charge < -0.3 is 15.4 Å². The van der Waals surface area contributed by atoms with Gasteiger partial charge in [0, 0.05) is 23.8 Å². The van der Waals surface area contributed by atoms with Crippen molar-refractivity contribution in [1.82, 2.24) is 9.97 Å². The monoisotopic (exact) mass is 457 g/mol. The number of hydrogen-bond acceptors (Lipinski definition) is 7. The Morgan fingerprint density at radius 1 is 1.00 bits per heavy atom. The van der Waals surface area contributed by atoms with Crippen molar-refractivity contribution in [2.24, 2.45) is 0 Å². The zero-order valence-corrected chi connectivity index (χ0v) is 18.0. The molecule has 2 aromatic carbocycles. The number of nitrogens with zero attached hydrogens (tertiary/aromatic N) is 2. The number of ether oxygens (including phenoxy) is 1. The lowest BCUT2D eigenvalue weighted by molar-refractivity contribution is 0.0526. The maximum Gasteiger partial charge on any atom is 0.338 e. The Morgan fingerprint density at radius 3 is 2.35 bits per heavy atom. The van der Waals surface area contributed by atoms with Crippen LogP contribution in [0.1, 0.15) is 17.3 Å². The van der Waals surface area contributed by atoms with Gasteiger partial charge >= 0.3 is 5.97 Å². The molecule has 1 aromatic heterocycles. The lowest BCUT2D eigenvalue weighted by Gasteiger charge is -2.12. The van der Waals surface area contributed by atoms with E-state index in [-0.39, 0.29) is 22.6 Å². The molecular formula is C20H19N5O4S2. The van der Waals surface area contributed by atoms with E-state index < -0.39 is 16.0 Å². The lowest BCUT2D eigenvalue weighted by atomic mass is 10.2. The second kappa shape index (κ2) is 9.96. The summed E-state index contributed by atoms with van der Waals surface area (Å²) in [6.07, 6.45) is 2.88. The van der Waals surface area contributed by atoms with Crippen LogP contribution in [0, 0.1) is 0 Å². The molecular weight excluding hydrogens is 438 g/mol. The Morgan fingerprint density at radius 2 is 1.68 bits per heavy atom. The van der Waals surface area contributed by atoms with Crippen molar-refractivity contribution in [3.05, 3.63) is 72.6 Å². The maximum atomic E-state index is 12.4. The third kappa shape index (κ3) is 6.20. The smallest absolute Gasteiger partial charge is 0.338 e. The van der Waals surface area contributed by atoms with Crippen LogP contribution in [-0.4, -0.2) is 36.1 Å². The summed E-state index contributed by atoms with van der Waals surface area (Å²) in [5.41, 5.74) is 1.59. The zero-order chi connectivity index (χ0) is 22.3. The lowest BCUT2D eigenvalue weighted by Crippen LogP contribution is -2.19. The molecule has 0 radical (unpaired) electrons. The van der Waals surface area contributed by atoms with Crippen molar-refractivity contribution in [2.45, 2.75) is 11.8 Å². The van der Waals surface area contributed by atoms with Crippen molar-refractivity contribution in [2.75, 3.05) is 22.0 Å². The predicted octanol–water partition coefficient (Wildman–Crippen LogP) is 3.26.